The largest absolute Gasteiger partial charge is 0.466 e. The minimum absolute atomic E-state index is 0.0604. The fourth-order valence-corrected chi connectivity index (χ4v) is 6.38. The van der Waals surface area contributed by atoms with Gasteiger partial charge in [-0.3, -0.25) is 9.59 Å². The van der Waals surface area contributed by atoms with Gasteiger partial charge in [0.1, 0.15) is 0 Å². The summed E-state index contributed by atoms with van der Waals surface area (Å²) >= 11 is 0. The topological polar surface area (TPSA) is 76.1 Å². The molecule has 0 aliphatic rings. The Morgan fingerprint density at radius 2 is 0.778 bits per heavy atom. The quantitative estimate of drug-likeness (QED) is 0.0380. The lowest BCUT2D eigenvalue weighted by molar-refractivity contribution is -0.144. The molecule has 0 bridgehead atoms. The van der Waals surface area contributed by atoms with Gasteiger partial charge < -0.3 is 19.5 Å². The molecule has 0 saturated heterocycles. The van der Waals surface area contributed by atoms with Crippen molar-refractivity contribution in [3.05, 3.63) is 48.6 Å². The van der Waals surface area contributed by atoms with Crippen LogP contribution in [0.25, 0.3) is 0 Å². The highest BCUT2D eigenvalue weighted by Gasteiger charge is 2.07. The Hall–Kier alpha value is -2.18. The first kappa shape index (κ1) is 51.8. The summed E-state index contributed by atoms with van der Waals surface area (Å²) in [6, 6.07) is 0. The van der Waals surface area contributed by atoms with Crippen molar-refractivity contribution in [2.45, 2.75) is 206 Å². The van der Waals surface area contributed by atoms with Crippen LogP contribution in [0, 0.1) is 0 Å². The van der Waals surface area contributed by atoms with Crippen molar-refractivity contribution in [2.75, 3.05) is 39.5 Å². The Bertz CT molecular complexity index is 841. The van der Waals surface area contributed by atoms with Crippen LogP contribution in [-0.4, -0.2) is 61.4 Å². The maximum Gasteiger partial charge on any atom is 0.305 e. The number of aliphatic hydroxyl groups is 1. The molecule has 0 aliphatic heterocycles. The first-order chi connectivity index (χ1) is 26.6. The van der Waals surface area contributed by atoms with E-state index < -0.39 is 0 Å². The molecule has 0 radical (unpaired) electrons. The first-order valence-electron chi connectivity index (χ1n) is 22.9. The predicted octanol–water partition coefficient (Wildman–Crippen LogP) is 13.3. The van der Waals surface area contributed by atoms with Crippen LogP contribution in [0.2, 0.25) is 0 Å². The van der Waals surface area contributed by atoms with Crippen molar-refractivity contribution in [2.24, 2.45) is 0 Å². The zero-order valence-corrected chi connectivity index (χ0v) is 35.6. The van der Waals surface area contributed by atoms with Crippen LogP contribution in [0.3, 0.4) is 0 Å². The average Bonchev–Trinajstić information content (AvgIpc) is 3.17. The van der Waals surface area contributed by atoms with Gasteiger partial charge in [-0.25, -0.2) is 0 Å². The highest BCUT2D eigenvalue weighted by Crippen LogP contribution is 2.11. The molecule has 0 amide bonds. The van der Waals surface area contributed by atoms with Gasteiger partial charge in [-0.1, -0.05) is 127 Å². The fourth-order valence-electron chi connectivity index (χ4n) is 6.38. The molecule has 1 N–H and O–H groups in total. The molecule has 0 rings (SSSR count). The van der Waals surface area contributed by atoms with Crippen molar-refractivity contribution in [1.29, 1.82) is 0 Å². The number of unbranched alkanes of at least 4 members (excludes halogenated alkanes) is 20. The van der Waals surface area contributed by atoms with Gasteiger partial charge in [0.15, 0.2) is 0 Å². The molecule has 0 atom stereocenters. The third-order valence-corrected chi connectivity index (χ3v) is 9.84. The number of carbonyl (C=O) groups is 2. The number of hydrogen-bond donors (Lipinski definition) is 1. The first-order valence-corrected chi connectivity index (χ1v) is 22.9. The van der Waals surface area contributed by atoms with E-state index in [4.69, 9.17) is 9.47 Å². The van der Waals surface area contributed by atoms with Crippen molar-refractivity contribution in [3.8, 4) is 0 Å². The maximum atomic E-state index is 12.1. The summed E-state index contributed by atoms with van der Waals surface area (Å²) in [7, 11) is 0. The predicted molar refractivity (Wildman–Crippen MR) is 232 cm³/mol. The molecular weight excluding hydrogens is 671 g/mol. The van der Waals surface area contributed by atoms with E-state index in [2.05, 4.69) is 67.4 Å². The van der Waals surface area contributed by atoms with Crippen molar-refractivity contribution >= 4 is 11.9 Å². The number of hydrogen-bond acceptors (Lipinski definition) is 6. The van der Waals surface area contributed by atoms with Crippen LogP contribution < -0.4 is 0 Å². The van der Waals surface area contributed by atoms with E-state index in [1.807, 2.05) is 0 Å². The monoisotopic (exact) mass is 758 g/mol. The molecule has 0 aromatic rings. The lowest BCUT2D eigenvalue weighted by Gasteiger charge is -2.21. The second kappa shape index (κ2) is 45.2. The van der Waals surface area contributed by atoms with E-state index in [1.165, 1.54) is 89.9 Å². The molecule has 0 aromatic heterocycles. The molecule has 6 nitrogen and oxygen atoms in total. The van der Waals surface area contributed by atoms with Crippen LogP contribution in [0.1, 0.15) is 206 Å². The van der Waals surface area contributed by atoms with Gasteiger partial charge in [0.2, 0.25) is 0 Å². The number of ether oxygens (including phenoxy) is 2. The average molecular weight is 758 g/mol. The molecule has 0 saturated carbocycles. The standard InChI is InChI=1S/C48H87NO5/c1-3-5-7-9-11-13-15-17-19-21-23-25-27-29-33-39-47(51)53-45-37-31-35-41-49(43-44-50)42-36-32-38-46-54-48(52)40-34-30-28-26-24-22-20-18-16-14-12-10-8-6-4-2/h11-14,17-20,50H,3-10,15-16,21-46H2,1-2H3/b13-11-,14-12-,19-17-,20-18-. The highest BCUT2D eigenvalue weighted by molar-refractivity contribution is 5.69. The van der Waals surface area contributed by atoms with Crippen LogP contribution in [0.5, 0.6) is 0 Å². The van der Waals surface area contributed by atoms with Crippen LogP contribution in [0.15, 0.2) is 48.6 Å². The minimum Gasteiger partial charge on any atom is -0.466 e. The Balaban J connectivity index is 3.59. The van der Waals surface area contributed by atoms with Crippen LogP contribution >= 0.6 is 0 Å². The van der Waals surface area contributed by atoms with Gasteiger partial charge in [0.25, 0.3) is 0 Å². The van der Waals surface area contributed by atoms with E-state index >= 15 is 0 Å². The molecule has 0 spiro atoms. The third kappa shape index (κ3) is 42.6. The Morgan fingerprint density at radius 1 is 0.426 bits per heavy atom. The van der Waals surface area contributed by atoms with E-state index in [1.54, 1.807) is 0 Å². The summed E-state index contributed by atoms with van der Waals surface area (Å²) in [5, 5.41) is 9.48. The SMILES string of the molecule is CCCCC/C=C\C/C=C\CCCCCCCC(=O)OCCCCCN(CCO)CCCCCOC(=O)CCCCCCC/C=C\C/C=C\CCCCC. The second-order valence-corrected chi connectivity index (χ2v) is 15.1. The van der Waals surface area contributed by atoms with Gasteiger partial charge in [0, 0.05) is 19.4 Å². The molecule has 0 heterocycles. The molecule has 54 heavy (non-hydrogen) atoms. The van der Waals surface area contributed by atoms with Gasteiger partial charge in [0.05, 0.1) is 19.8 Å². The molecular formula is C48H87NO5. The minimum atomic E-state index is -0.0604. The molecule has 0 aromatic carbocycles. The van der Waals surface area contributed by atoms with Crippen LogP contribution in [0.4, 0.5) is 0 Å². The second-order valence-electron chi connectivity index (χ2n) is 15.1. The van der Waals surface area contributed by atoms with E-state index in [0.717, 1.165) is 103 Å². The van der Waals surface area contributed by atoms with E-state index in [9.17, 15) is 14.7 Å². The lowest BCUT2D eigenvalue weighted by atomic mass is 10.1. The summed E-state index contributed by atoms with van der Waals surface area (Å²) in [6.07, 6.45) is 51.3. The van der Waals surface area contributed by atoms with E-state index in [0.29, 0.717) is 32.6 Å². The lowest BCUT2D eigenvalue weighted by Crippen LogP contribution is -2.29. The van der Waals surface area contributed by atoms with Gasteiger partial charge in [-0.15, -0.1) is 0 Å². The zero-order chi connectivity index (χ0) is 39.3. The van der Waals surface area contributed by atoms with E-state index in [-0.39, 0.29) is 18.5 Å². The summed E-state index contributed by atoms with van der Waals surface area (Å²) in [4.78, 5) is 26.5. The summed E-state index contributed by atoms with van der Waals surface area (Å²) < 4.78 is 10.9. The number of esters is 2. The van der Waals surface area contributed by atoms with Gasteiger partial charge in [-0.2, -0.15) is 0 Å². The molecule has 6 heteroatoms. The zero-order valence-electron chi connectivity index (χ0n) is 35.6. The third-order valence-electron chi connectivity index (χ3n) is 9.84. The number of allylic oxidation sites excluding steroid dienone is 8. The Morgan fingerprint density at radius 3 is 1.17 bits per heavy atom. The van der Waals surface area contributed by atoms with Crippen LogP contribution in [-0.2, 0) is 19.1 Å². The fraction of sp³-hybridized carbons (Fsp3) is 0.792. The summed E-state index contributed by atoms with van der Waals surface area (Å²) in [5.74, 6) is -0.121. The van der Waals surface area contributed by atoms with Gasteiger partial charge in [-0.05, 0) is 129 Å². The summed E-state index contributed by atoms with van der Waals surface area (Å²) in [5.41, 5.74) is 0. The number of rotatable bonds is 42. The number of aliphatic hydroxyl groups excluding tert-OH is 1. The highest BCUT2D eigenvalue weighted by atomic mass is 16.5. The Kier molecular flexibility index (Phi) is 43.4. The summed E-state index contributed by atoms with van der Waals surface area (Å²) in [6.45, 7) is 8.25. The molecule has 0 fully saturated rings. The molecule has 0 aliphatic carbocycles. The molecule has 0 unspecified atom stereocenters. The van der Waals surface area contributed by atoms with Crippen molar-refractivity contribution in [1.82, 2.24) is 4.90 Å². The normalized spacial score (nSPS) is 12.1. The van der Waals surface area contributed by atoms with Gasteiger partial charge >= 0.3 is 11.9 Å². The smallest absolute Gasteiger partial charge is 0.305 e. The Labute approximate surface area is 334 Å². The van der Waals surface area contributed by atoms with Crippen molar-refractivity contribution < 1.29 is 24.2 Å². The van der Waals surface area contributed by atoms with Crippen molar-refractivity contribution in [3.63, 3.8) is 0 Å². The molecule has 314 valence electrons. The number of carbonyl (C=O) groups excluding carboxylic acids is 2. The number of nitrogens with zero attached hydrogens (tertiary/aromatic N) is 1. The maximum absolute atomic E-state index is 12.1.